The molecule has 2 heterocycles. The summed E-state index contributed by atoms with van der Waals surface area (Å²) in [6, 6.07) is 16.7. The van der Waals surface area contributed by atoms with Crippen molar-refractivity contribution in [2.45, 2.75) is 67.6 Å². The topological polar surface area (TPSA) is 219 Å². The predicted molar refractivity (Wildman–Crippen MR) is 228 cm³/mol. The van der Waals surface area contributed by atoms with Crippen LogP contribution in [0.4, 0.5) is 11.4 Å². The van der Waals surface area contributed by atoms with Crippen molar-refractivity contribution in [3.63, 3.8) is 0 Å². The van der Waals surface area contributed by atoms with Gasteiger partial charge in [-0.3, -0.25) is 5.04 Å². The van der Waals surface area contributed by atoms with E-state index in [-0.39, 0.29) is 18.0 Å². The molecule has 0 N–H and O–H groups in total. The zero-order valence-corrected chi connectivity index (χ0v) is 37.4. The van der Waals surface area contributed by atoms with Crippen LogP contribution in [0.15, 0.2) is 117 Å². The number of rotatable bonds is 13. The van der Waals surface area contributed by atoms with Gasteiger partial charge in [-0.25, -0.2) is 25.3 Å². The maximum absolute atomic E-state index is 11.9. The third-order valence-electron chi connectivity index (χ3n) is 11.5. The van der Waals surface area contributed by atoms with Gasteiger partial charge in [-0.15, -0.1) is 0 Å². The number of halogens is 1. The van der Waals surface area contributed by atoms with Crippen LogP contribution in [0.5, 0.6) is 0 Å². The molecule has 1 aliphatic carbocycles. The second-order valence-electron chi connectivity index (χ2n) is 16.1. The Morgan fingerprint density at radius 2 is 1.48 bits per heavy atom. The maximum atomic E-state index is 11.9. The number of hydrogen-bond donors (Lipinski definition) is 0. The first-order chi connectivity index (χ1) is 28.5. The van der Waals surface area contributed by atoms with Gasteiger partial charge in [-0.05, 0) is 114 Å². The average Bonchev–Trinajstić information content (AvgIpc) is 3.54. The Hall–Kier alpha value is -3.92. The molecule has 19 heteroatoms. The highest BCUT2D eigenvalue weighted by atomic mass is 35.5. The average molecular weight is 929 g/mol. The summed E-state index contributed by atoms with van der Waals surface area (Å²) in [5, 5.41) is 17.3. The summed E-state index contributed by atoms with van der Waals surface area (Å²) in [7, 11) is -13.9. The van der Waals surface area contributed by atoms with Gasteiger partial charge in [0, 0.05) is 51.0 Å². The lowest BCUT2D eigenvalue weighted by Crippen LogP contribution is -2.30. The first kappa shape index (κ1) is 45.1. The van der Waals surface area contributed by atoms with Crippen molar-refractivity contribution in [1.29, 1.82) is 0 Å². The van der Waals surface area contributed by atoms with Crippen LogP contribution in [0.25, 0.3) is 21.5 Å². The van der Waals surface area contributed by atoms with Crippen LogP contribution in [-0.4, -0.2) is 73.8 Å². The van der Waals surface area contributed by atoms with E-state index in [2.05, 4.69) is 9.37 Å². The van der Waals surface area contributed by atoms with Crippen molar-refractivity contribution in [1.82, 2.24) is 0 Å². The van der Waals surface area contributed by atoms with E-state index in [1.165, 1.54) is 12.1 Å². The molecule has 0 saturated heterocycles. The molecule has 4 aromatic carbocycles. The summed E-state index contributed by atoms with van der Waals surface area (Å²) in [4.78, 5) is 2.10. The fourth-order valence-corrected chi connectivity index (χ4v) is 10.9. The van der Waals surface area contributed by atoms with E-state index in [4.69, 9.17) is 11.6 Å². The molecule has 0 bridgehead atoms. The van der Waals surface area contributed by atoms with Gasteiger partial charge in [0.2, 0.25) is 5.69 Å². The Bertz CT molecular complexity index is 2990. The quantitative estimate of drug-likeness (QED) is 0.0464. The van der Waals surface area contributed by atoms with Crippen LogP contribution in [-0.2, 0) is 50.6 Å². The normalized spacial score (nSPS) is 19.3. The molecular weight excluding hydrogens is 888 g/mol. The third-order valence-corrected chi connectivity index (χ3v) is 14.8. The Morgan fingerprint density at radius 3 is 2.16 bits per heavy atom. The molecule has 14 nitrogen and oxygen atoms in total. The van der Waals surface area contributed by atoms with Gasteiger partial charge in [0.1, 0.15) is 20.2 Å². The molecule has 4 aromatic rings. The Labute approximate surface area is 363 Å². The van der Waals surface area contributed by atoms with Gasteiger partial charge in [0.05, 0.1) is 44.0 Å². The van der Waals surface area contributed by atoms with Gasteiger partial charge in [-0.2, -0.15) is 8.91 Å². The lowest BCUT2D eigenvalue weighted by atomic mass is 9.78. The highest BCUT2D eigenvalue weighted by molar-refractivity contribution is 7.94. The van der Waals surface area contributed by atoms with Gasteiger partial charge in [0.25, 0.3) is 0 Å². The molecule has 0 aromatic heterocycles. The fraction of sp³-hybridized carbons (Fsp3) is 0.310. The Balaban J connectivity index is 1.28. The summed E-state index contributed by atoms with van der Waals surface area (Å²) in [6.07, 6.45) is 9.54. The molecule has 0 spiro atoms. The molecule has 0 radical (unpaired) electrons. The lowest BCUT2D eigenvalue weighted by Gasteiger charge is -2.28. The number of benzene rings is 4. The Morgan fingerprint density at radius 1 is 0.803 bits per heavy atom. The summed E-state index contributed by atoms with van der Waals surface area (Å²) >= 11 is 7.92. The van der Waals surface area contributed by atoms with Crippen molar-refractivity contribution in [2.75, 3.05) is 29.5 Å². The van der Waals surface area contributed by atoms with E-state index in [0.29, 0.717) is 44.9 Å². The molecule has 0 atom stereocenters. The van der Waals surface area contributed by atoms with E-state index in [1.54, 1.807) is 28.8 Å². The maximum Gasteiger partial charge on any atom is 0.210 e. The number of anilines is 1. The second kappa shape index (κ2) is 16.7. The van der Waals surface area contributed by atoms with E-state index >= 15 is 0 Å². The van der Waals surface area contributed by atoms with E-state index in [1.807, 2.05) is 81.2 Å². The van der Waals surface area contributed by atoms with E-state index in [0.717, 1.165) is 62.9 Å². The van der Waals surface area contributed by atoms with Gasteiger partial charge in [-0.1, -0.05) is 55.8 Å². The fourth-order valence-electron chi connectivity index (χ4n) is 8.86. The van der Waals surface area contributed by atoms with E-state index in [9.17, 15) is 44.2 Å². The van der Waals surface area contributed by atoms with Crippen LogP contribution < -0.4 is 10.2 Å². The summed E-state index contributed by atoms with van der Waals surface area (Å²) in [5.41, 5.74) is 4.65. The smallest absolute Gasteiger partial charge is 0.210 e. The zero-order chi connectivity index (χ0) is 44.3. The van der Waals surface area contributed by atoms with Crippen molar-refractivity contribution in [3.05, 3.63) is 118 Å². The van der Waals surface area contributed by atoms with Gasteiger partial charge >= 0.3 is 0 Å². The largest absolute Gasteiger partial charge is 0.748 e. The summed E-state index contributed by atoms with van der Waals surface area (Å²) in [6.45, 7) is 7.68. The highest BCUT2D eigenvalue weighted by Gasteiger charge is 2.46. The van der Waals surface area contributed by atoms with Crippen molar-refractivity contribution >= 4 is 92.6 Å². The predicted octanol–water partition coefficient (Wildman–Crippen LogP) is 6.44. The monoisotopic (exact) mass is 927 g/mol. The highest BCUT2D eigenvalue weighted by Crippen LogP contribution is 2.51. The molecule has 3 aliphatic rings. The second-order valence-corrected chi connectivity index (χ2v) is 21.7. The number of hydrogen-bond acceptors (Lipinski definition) is 14. The van der Waals surface area contributed by atoms with Crippen molar-refractivity contribution in [3.8, 4) is 0 Å². The molecule has 324 valence electrons. The molecule has 2 aliphatic heterocycles. The number of allylic oxidation sites excluding steroid dienone is 8. The molecule has 0 unspecified atom stereocenters. The standard InChI is InChI=1S/C42H43ClN2O12S4/c1-41(2)36(44(20-22-59(47,48)49)34-16-8-28-24-30(58-57-56-46)12-14-32(28)38(34)41)18-10-26-6-5-7-27(40(26)43)11-19-37-42(3,4)39-33-15-13-31(61(53,54)55)25-29(33)9-17-35(39)45(37)21-23-60(50,51)52/h8-19,24-25H,5-7,20-23H2,1-4H3,(H3-,46,47,48,49,50,51,52,53,54,55)/p-3. The minimum atomic E-state index is -4.72. The number of fused-ring (bicyclic) bond motifs is 6. The van der Waals surface area contributed by atoms with Crippen molar-refractivity contribution in [2.24, 2.45) is 0 Å². The van der Waals surface area contributed by atoms with Crippen LogP contribution in [0, 0.1) is 0 Å². The third kappa shape index (κ3) is 9.12. The summed E-state index contributed by atoms with van der Waals surface area (Å²) in [5.74, 6) is -1.29. The zero-order valence-electron chi connectivity index (χ0n) is 33.3. The SMILES string of the molecule is CC1(C)C(/C=C/C2=C(Cl)C(=C/C=C3/N(CCS(=O)(=O)[O-])c4ccc5cc(SOO[O-])ccc5c4C3(C)C)/CCC2)=[N+](CCS(=O)(=O)[O-])c2ccc3cc(S(=O)(=O)[O-])ccc3c21. The van der Waals surface area contributed by atoms with Gasteiger partial charge < -0.3 is 23.8 Å². The molecular formula is C42H40ClN2O12S4-3. The molecule has 0 fully saturated rings. The van der Waals surface area contributed by atoms with Crippen LogP contribution >= 0.6 is 23.6 Å². The molecule has 61 heavy (non-hydrogen) atoms. The number of nitrogens with zero attached hydrogens (tertiary/aromatic N) is 2. The molecule has 0 amide bonds. The summed E-state index contributed by atoms with van der Waals surface area (Å²) < 4.78 is 113. The first-order valence-corrected chi connectivity index (χ1v) is 24.7. The minimum absolute atomic E-state index is 0.0852. The first-order valence-electron chi connectivity index (χ1n) is 19.0. The van der Waals surface area contributed by atoms with Crippen LogP contribution in [0.1, 0.15) is 58.1 Å². The van der Waals surface area contributed by atoms with Crippen LogP contribution in [0.2, 0.25) is 0 Å². The Kier molecular flexibility index (Phi) is 12.3. The van der Waals surface area contributed by atoms with Crippen LogP contribution in [0.3, 0.4) is 0 Å². The van der Waals surface area contributed by atoms with E-state index < -0.39 is 52.7 Å². The minimum Gasteiger partial charge on any atom is -0.748 e. The van der Waals surface area contributed by atoms with Gasteiger partial charge in [0.15, 0.2) is 12.3 Å². The molecule has 7 rings (SSSR count). The lowest BCUT2D eigenvalue weighted by molar-refractivity contribution is -0.777. The van der Waals surface area contributed by atoms with Crippen molar-refractivity contribution < 1.29 is 58.1 Å². The molecule has 0 saturated carbocycles.